The minimum absolute atomic E-state index is 0.307. The van der Waals surface area contributed by atoms with Crippen LogP contribution in [0.1, 0.15) is 36.8 Å². The first-order valence-electron chi connectivity index (χ1n) is 9.24. The van der Waals surface area contributed by atoms with Gasteiger partial charge in [-0.1, -0.05) is 6.07 Å². The lowest BCUT2D eigenvalue weighted by Crippen LogP contribution is -2.39. The van der Waals surface area contributed by atoms with Crippen molar-refractivity contribution in [2.75, 3.05) is 10.6 Å². The molecule has 0 atom stereocenters. The van der Waals surface area contributed by atoms with Gasteiger partial charge in [-0.05, 0) is 62.8 Å². The van der Waals surface area contributed by atoms with E-state index in [1.54, 1.807) is 10.7 Å². The third kappa shape index (κ3) is 3.12. The summed E-state index contributed by atoms with van der Waals surface area (Å²) in [5.74, 6) is 0.860. The van der Waals surface area contributed by atoms with Gasteiger partial charge in [0.25, 0.3) is 0 Å². The van der Waals surface area contributed by atoms with Crippen LogP contribution in [0.25, 0.3) is 5.65 Å². The minimum atomic E-state index is 0.307. The lowest BCUT2D eigenvalue weighted by Gasteiger charge is -2.37. The summed E-state index contributed by atoms with van der Waals surface area (Å²) in [4.78, 5) is 6.62. The summed E-state index contributed by atoms with van der Waals surface area (Å²) in [5, 5.41) is 4.80. The molecule has 1 aliphatic carbocycles. The predicted octanol–water partition coefficient (Wildman–Crippen LogP) is 3.34. The van der Waals surface area contributed by atoms with E-state index < -0.39 is 0 Å². The van der Waals surface area contributed by atoms with Gasteiger partial charge in [-0.15, -0.1) is 5.10 Å². The Morgan fingerprint density at radius 2 is 1.73 bits per heavy atom. The van der Waals surface area contributed by atoms with E-state index in [1.807, 2.05) is 12.3 Å². The largest absolute Gasteiger partial charge is 0.396 e. The Kier molecular flexibility index (Phi) is 4.28. The number of aryl methyl sites for hydroxylation is 2. The predicted molar refractivity (Wildman–Crippen MR) is 106 cm³/mol. The molecule has 136 valence electrons. The van der Waals surface area contributed by atoms with Gasteiger partial charge in [-0.3, -0.25) is 0 Å². The van der Waals surface area contributed by atoms with Crippen molar-refractivity contribution in [1.82, 2.24) is 14.6 Å². The van der Waals surface area contributed by atoms with E-state index in [0.29, 0.717) is 23.4 Å². The average molecular weight is 350 g/mol. The van der Waals surface area contributed by atoms with E-state index in [1.165, 1.54) is 11.1 Å². The third-order valence-electron chi connectivity index (χ3n) is 5.21. The van der Waals surface area contributed by atoms with Gasteiger partial charge in [0.15, 0.2) is 11.5 Å². The fourth-order valence-electron chi connectivity index (χ4n) is 4.02. The molecule has 1 aliphatic rings. The zero-order chi connectivity index (χ0) is 18.3. The average Bonchev–Trinajstić information content (AvgIpc) is 3.05. The molecule has 3 aromatic rings. The minimum Gasteiger partial charge on any atom is -0.396 e. The van der Waals surface area contributed by atoms with Gasteiger partial charge in [-0.2, -0.15) is 0 Å². The molecular formula is C20H26N6. The lowest BCUT2D eigenvalue weighted by atomic mass is 9.90. The van der Waals surface area contributed by atoms with Crippen molar-refractivity contribution in [2.24, 2.45) is 5.73 Å². The van der Waals surface area contributed by atoms with Gasteiger partial charge in [0.05, 0.1) is 5.69 Å². The van der Waals surface area contributed by atoms with E-state index in [4.69, 9.17) is 16.6 Å². The molecule has 0 unspecified atom stereocenters. The van der Waals surface area contributed by atoms with E-state index in [9.17, 15) is 0 Å². The fraction of sp³-hybridized carbons (Fsp3) is 0.400. The van der Waals surface area contributed by atoms with Gasteiger partial charge in [0.1, 0.15) is 0 Å². The Hall–Kier alpha value is -2.60. The number of imidazole rings is 1. The quantitative estimate of drug-likeness (QED) is 0.757. The van der Waals surface area contributed by atoms with E-state index in [2.05, 4.69) is 41.9 Å². The normalized spacial score (nSPS) is 20.4. The number of anilines is 3. The van der Waals surface area contributed by atoms with E-state index in [0.717, 1.165) is 37.2 Å². The summed E-state index contributed by atoms with van der Waals surface area (Å²) in [6.45, 7) is 4.26. The van der Waals surface area contributed by atoms with Gasteiger partial charge in [0, 0.05) is 36.2 Å². The molecule has 4 rings (SSSR count). The second kappa shape index (κ2) is 6.61. The maximum Gasteiger partial charge on any atom is 0.176 e. The standard InChI is InChI=1S/C20H26N6/c1-13-9-14(2)11-17(10-13)26(16-5-3-15(21)4-6-16)19-12-18(22)20-23-7-8-25(20)24-19/h7-12,15-16H,3-6,21-22H2,1-2H3. The van der Waals surface area contributed by atoms with Crippen LogP contribution in [0, 0.1) is 13.8 Å². The Balaban J connectivity index is 1.83. The van der Waals surface area contributed by atoms with Crippen LogP contribution in [0.4, 0.5) is 17.2 Å². The molecule has 0 bridgehead atoms. The van der Waals surface area contributed by atoms with Crippen molar-refractivity contribution in [3.8, 4) is 0 Å². The smallest absolute Gasteiger partial charge is 0.176 e. The molecule has 0 radical (unpaired) electrons. The van der Waals surface area contributed by atoms with Crippen LogP contribution in [0.5, 0.6) is 0 Å². The summed E-state index contributed by atoms with van der Waals surface area (Å²) in [7, 11) is 0. The molecule has 2 heterocycles. The van der Waals surface area contributed by atoms with Crippen LogP contribution in [0.15, 0.2) is 36.7 Å². The van der Waals surface area contributed by atoms with Crippen molar-refractivity contribution in [1.29, 1.82) is 0 Å². The molecule has 6 heteroatoms. The monoisotopic (exact) mass is 350 g/mol. The summed E-state index contributed by atoms with van der Waals surface area (Å²) in [5.41, 5.74) is 17.4. The molecule has 6 nitrogen and oxygen atoms in total. The van der Waals surface area contributed by atoms with Crippen LogP contribution in [-0.2, 0) is 0 Å². The number of hydrogen-bond acceptors (Lipinski definition) is 5. The van der Waals surface area contributed by atoms with Crippen LogP contribution < -0.4 is 16.4 Å². The van der Waals surface area contributed by atoms with E-state index in [-0.39, 0.29) is 0 Å². The molecule has 0 saturated heterocycles. The summed E-state index contributed by atoms with van der Waals surface area (Å²) in [6.07, 6.45) is 7.74. The van der Waals surface area contributed by atoms with Crippen molar-refractivity contribution in [3.63, 3.8) is 0 Å². The summed E-state index contributed by atoms with van der Waals surface area (Å²) in [6, 6.07) is 9.24. The van der Waals surface area contributed by atoms with Gasteiger partial charge < -0.3 is 16.4 Å². The van der Waals surface area contributed by atoms with Gasteiger partial charge in [0.2, 0.25) is 0 Å². The number of nitrogens with two attached hydrogens (primary N) is 2. The highest BCUT2D eigenvalue weighted by atomic mass is 15.3. The summed E-state index contributed by atoms with van der Waals surface area (Å²) >= 11 is 0. The van der Waals surface area contributed by atoms with Gasteiger partial charge >= 0.3 is 0 Å². The second-order valence-electron chi connectivity index (χ2n) is 7.44. The zero-order valence-corrected chi connectivity index (χ0v) is 15.4. The third-order valence-corrected chi connectivity index (χ3v) is 5.21. The van der Waals surface area contributed by atoms with Crippen molar-refractivity contribution in [3.05, 3.63) is 47.8 Å². The fourth-order valence-corrected chi connectivity index (χ4v) is 4.02. The highest BCUT2D eigenvalue weighted by Crippen LogP contribution is 2.35. The first-order valence-corrected chi connectivity index (χ1v) is 9.24. The maximum absolute atomic E-state index is 6.26. The number of aromatic nitrogens is 3. The Morgan fingerprint density at radius 3 is 2.42 bits per heavy atom. The topological polar surface area (TPSA) is 85.5 Å². The molecule has 1 saturated carbocycles. The molecule has 0 aliphatic heterocycles. The van der Waals surface area contributed by atoms with Crippen LogP contribution in [-0.4, -0.2) is 26.7 Å². The molecule has 1 fully saturated rings. The first-order chi connectivity index (χ1) is 12.5. The maximum atomic E-state index is 6.26. The lowest BCUT2D eigenvalue weighted by molar-refractivity contribution is 0.389. The molecule has 0 amide bonds. The Morgan fingerprint density at radius 1 is 1.04 bits per heavy atom. The number of nitrogens with zero attached hydrogens (tertiary/aromatic N) is 4. The molecule has 0 spiro atoms. The highest BCUT2D eigenvalue weighted by Gasteiger charge is 2.27. The highest BCUT2D eigenvalue weighted by molar-refractivity contribution is 5.71. The Labute approximate surface area is 153 Å². The SMILES string of the molecule is Cc1cc(C)cc(N(c2cc(N)c3nccn3n2)C2CCC(N)CC2)c1. The molecule has 2 aromatic heterocycles. The zero-order valence-electron chi connectivity index (χ0n) is 15.4. The molecular weight excluding hydrogens is 324 g/mol. The molecule has 26 heavy (non-hydrogen) atoms. The number of hydrogen-bond donors (Lipinski definition) is 2. The van der Waals surface area contributed by atoms with Crippen molar-refractivity contribution >= 4 is 22.8 Å². The van der Waals surface area contributed by atoms with Crippen molar-refractivity contribution in [2.45, 2.75) is 51.6 Å². The van der Waals surface area contributed by atoms with Crippen LogP contribution in [0.3, 0.4) is 0 Å². The van der Waals surface area contributed by atoms with Crippen LogP contribution in [0.2, 0.25) is 0 Å². The van der Waals surface area contributed by atoms with Gasteiger partial charge in [-0.25, -0.2) is 9.50 Å². The first kappa shape index (κ1) is 16.8. The molecule has 1 aromatic carbocycles. The number of benzene rings is 1. The number of fused-ring (bicyclic) bond motifs is 1. The molecule has 4 N–H and O–H groups in total. The Bertz CT molecular complexity index is 903. The number of nitrogen functional groups attached to an aromatic ring is 1. The summed E-state index contributed by atoms with van der Waals surface area (Å²) < 4.78 is 1.76. The second-order valence-corrected chi connectivity index (χ2v) is 7.44. The number of rotatable bonds is 3. The van der Waals surface area contributed by atoms with Crippen LogP contribution >= 0.6 is 0 Å². The van der Waals surface area contributed by atoms with Crippen molar-refractivity contribution < 1.29 is 0 Å². The van der Waals surface area contributed by atoms with E-state index >= 15 is 0 Å².